The quantitative estimate of drug-likeness (QED) is 0.602. The zero-order chi connectivity index (χ0) is 14.3. The van der Waals surface area contributed by atoms with Crippen LogP contribution >= 0.6 is 11.8 Å². The molecule has 7 heteroatoms. The minimum atomic E-state index is -1.06. The summed E-state index contributed by atoms with van der Waals surface area (Å²) in [6.07, 6.45) is 4.49. The average molecular weight is 290 g/mol. The van der Waals surface area contributed by atoms with Crippen LogP contribution in [0.2, 0.25) is 0 Å². The highest BCUT2D eigenvalue weighted by Gasteiger charge is 2.38. The van der Waals surface area contributed by atoms with Gasteiger partial charge in [-0.2, -0.15) is 11.8 Å². The number of nitrogens with one attached hydrogen (secondary N) is 1. The second kappa shape index (κ2) is 8.27. The number of carbonyl (C=O) groups is 2. The molecule has 1 heterocycles. The Bertz CT molecular complexity index is 314. The summed E-state index contributed by atoms with van der Waals surface area (Å²) >= 11 is 1.80. The van der Waals surface area contributed by atoms with Gasteiger partial charge in [0.1, 0.15) is 6.04 Å². The van der Waals surface area contributed by atoms with Crippen molar-refractivity contribution in [3.8, 4) is 0 Å². The van der Waals surface area contributed by atoms with E-state index in [9.17, 15) is 14.7 Å². The van der Waals surface area contributed by atoms with Crippen LogP contribution in [0.5, 0.6) is 0 Å². The van der Waals surface area contributed by atoms with Gasteiger partial charge in [-0.25, -0.2) is 9.59 Å². The highest BCUT2D eigenvalue weighted by atomic mass is 32.2. The number of carboxylic acid groups (broad SMARTS) is 1. The summed E-state index contributed by atoms with van der Waals surface area (Å²) < 4.78 is 0. The van der Waals surface area contributed by atoms with Crippen molar-refractivity contribution in [3.05, 3.63) is 0 Å². The van der Waals surface area contributed by atoms with Gasteiger partial charge in [0.05, 0.1) is 6.10 Å². The fourth-order valence-corrected chi connectivity index (χ4v) is 2.61. The van der Waals surface area contributed by atoms with Crippen LogP contribution in [0.15, 0.2) is 0 Å². The number of urea groups is 1. The molecule has 0 aromatic carbocycles. The first-order valence-corrected chi connectivity index (χ1v) is 7.90. The van der Waals surface area contributed by atoms with Gasteiger partial charge in [-0.05, 0) is 24.9 Å². The van der Waals surface area contributed by atoms with E-state index < -0.39 is 24.1 Å². The number of aliphatic carboxylic acids is 1. The first kappa shape index (κ1) is 16.1. The predicted octanol–water partition coefficient (Wildman–Crippen LogP) is 0.749. The number of rotatable bonds is 7. The van der Waals surface area contributed by atoms with Gasteiger partial charge in [0.25, 0.3) is 0 Å². The smallest absolute Gasteiger partial charge is 0.326 e. The first-order chi connectivity index (χ1) is 9.06. The molecule has 1 saturated heterocycles. The van der Waals surface area contributed by atoms with E-state index in [2.05, 4.69) is 11.6 Å². The summed E-state index contributed by atoms with van der Waals surface area (Å²) in [5.41, 5.74) is 0. The van der Waals surface area contributed by atoms with Gasteiger partial charge in [-0.1, -0.05) is 6.42 Å². The van der Waals surface area contributed by atoms with E-state index in [-0.39, 0.29) is 13.0 Å². The van der Waals surface area contributed by atoms with Crippen molar-refractivity contribution in [2.75, 3.05) is 25.1 Å². The Morgan fingerprint density at radius 3 is 2.74 bits per heavy atom. The van der Waals surface area contributed by atoms with Crippen LogP contribution in [-0.2, 0) is 4.79 Å². The minimum Gasteiger partial charge on any atom is -0.480 e. The molecule has 0 aromatic rings. The molecular formula is C12H22N2O4S. The number of carbonyl (C=O) groups excluding carboxylic acids is 1. The molecule has 0 aliphatic carbocycles. The number of likely N-dealkylation sites (tertiary alicyclic amines) is 1. The molecule has 6 nitrogen and oxygen atoms in total. The van der Waals surface area contributed by atoms with E-state index in [4.69, 9.17) is 5.11 Å². The Morgan fingerprint density at radius 2 is 2.11 bits per heavy atom. The summed E-state index contributed by atoms with van der Waals surface area (Å²) in [6.45, 7) is 0.640. The molecule has 1 aliphatic rings. The molecule has 1 fully saturated rings. The van der Waals surface area contributed by atoms with Gasteiger partial charge in [0, 0.05) is 19.5 Å². The predicted molar refractivity (Wildman–Crippen MR) is 74.4 cm³/mol. The third kappa shape index (κ3) is 5.28. The summed E-state index contributed by atoms with van der Waals surface area (Å²) in [7, 11) is 0. The maximum Gasteiger partial charge on any atom is 0.326 e. The van der Waals surface area contributed by atoms with Crippen LogP contribution < -0.4 is 5.32 Å². The van der Waals surface area contributed by atoms with Crippen LogP contribution in [-0.4, -0.2) is 64.4 Å². The Balaban J connectivity index is 2.26. The molecule has 0 aromatic heterocycles. The van der Waals surface area contributed by atoms with Crippen molar-refractivity contribution in [2.24, 2.45) is 0 Å². The van der Waals surface area contributed by atoms with Crippen molar-refractivity contribution >= 4 is 23.8 Å². The van der Waals surface area contributed by atoms with Crippen LogP contribution in [0.25, 0.3) is 0 Å². The average Bonchev–Trinajstić information content (AvgIpc) is 2.76. The minimum absolute atomic E-state index is 0.0925. The van der Waals surface area contributed by atoms with E-state index in [1.807, 2.05) is 0 Å². The van der Waals surface area contributed by atoms with Gasteiger partial charge < -0.3 is 20.4 Å². The standard InChI is InChI=1S/C12H22N2O4S/c1-19-6-4-2-3-5-13-12(18)14-8-9(15)7-10(14)11(16)17/h9-10,15H,2-8H2,1H3,(H,13,18)(H,16,17)/t9?,10-/m0/s1. The highest BCUT2D eigenvalue weighted by molar-refractivity contribution is 7.98. The van der Waals surface area contributed by atoms with E-state index in [0.29, 0.717) is 6.54 Å². The first-order valence-electron chi connectivity index (χ1n) is 6.50. The molecule has 0 spiro atoms. The van der Waals surface area contributed by atoms with Crippen molar-refractivity contribution in [1.29, 1.82) is 0 Å². The maximum atomic E-state index is 11.8. The van der Waals surface area contributed by atoms with Crippen LogP contribution in [0, 0.1) is 0 Å². The number of nitrogens with zero attached hydrogens (tertiary/aromatic N) is 1. The van der Waals surface area contributed by atoms with Gasteiger partial charge in [-0.15, -0.1) is 0 Å². The molecule has 3 N–H and O–H groups in total. The topological polar surface area (TPSA) is 89.9 Å². The van der Waals surface area contributed by atoms with E-state index >= 15 is 0 Å². The van der Waals surface area contributed by atoms with Gasteiger partial charge in [-0.3, -0.25) is 0 Å². The summed E-state index contributed by atoms with van der Waals surface area (Å²) in [5, 5.41) is 21.1. The number of aliphatic hydroxyl groups is 1. The monoisotopic (exact) mass is 290 g/mol. The lowest BCUT2D eigenvalue weighted by Gasteiger charge is -2.21. The molecule has 1 aliphatic heterocycles. The third-order valence-corrected chi connectivity index (χ3v) is 3.82. The lowest BCUT2D eigenvalue weighted by Crippen LogP contribution is -2.46. The number of aliphatic hydroxyl groups excluding tert-OH is 1. The van der Waals surface area contributed by atoms with Crippen molar-refractivity contribution in [1.82, 2.24) is 10.2 Å². The number of hydrogen-bond acceptors (Lipinski definition) is 4. The maximum absolute atomic E-state index is 11.8. The summed E-state index contributed by atoms with van der Waals surface area (Å²) in [5.74, 6) is 0.0551. The van der Waals surface area contributed by atoms with E-state index in [0.717, 1.165) is 25.0 Å². The number of carboxylic acids is 1. The molecule has 2 atom stereocenters. The Labute approximate surface area is 117 Å². The largest absolute Gasteiger partial charge is 0.480 e. The van der Waals surface area contributed by atoms with Gasteiger partial charge >= 0.3 is 12.0 Å². The second-order valence-electron chi connectivity index (χ2n) is 4.68. The Morgan fingerprint density at radius 1 is 1.37 bits per heavy atom. The van der Waals surface area contributed by atoms with Crippen LogP contribution in [0.1, 0.15) is 25.7 Å². The Hall–Kier alpha value is -0.950. The number of hydrogen-bond donors (Lipinski definition) is 3. The third-order valence-electron chi connectivity index (χ3n) is 3.13. The van der Waals surface area contributed by atoms with Crippen molar-refractivity contribution in [2.45, 2.75) is 37.8 Å². The number of β-amino-alcohol motifs (C(OH)–C–C–N with tert-alkyl or cyclic N) is 1. The zero-order valence-corrected chi connectivity index (χ0v) is 12.0. The molecule has 19 heavy (non-hydrogen) atoms. The van der Waals surface area contributed by atoms with Crippen molar-refractivity contribution < 1.29 is 19.8 Å². The fraction of sp³-hybridized carbons (Fsp3) is 0.833. The molecule has 2 amide bonds. The van der Waals surface area contributed by atoms with Crippen LogP contribution in [0.4, 0.5) is 4.79 Å². The van der Waals surface area contributed by atoms with Crippen LogP contribution in [0.3, 0.4) is 0 Å². The lowest BCUT2D eigenvalue weighted by molar-refractivity contribution is -0.141. The lowest BCUT2D eigenvalue weighted by atomic mass is 10.2. The fourth-order valence-electron chi connectivity index (χ4n) is 2.12. The number of amides is 2. The van der Waals surface area contributed by atoms with E-state index in [1.165, 1.54) is 4.90 Å². The SMILES string of the molecule is CSCCCCCNC(=O)N1CC(O)C[C@H]1C(=O)O. The number of thioether (sulfide) groups is 1. The molecule has 1 rings (SSSR count). The number of unbranched alkanes of at least 4 members (excludes halogenated alkanes) is 2. The highest BCUT2D eigenvalue weighted by Crippen LogP contribution is 2.18. The Kier molecular flexibility index (Phi) is 7.01. The summed E-state index contributed by atoms with van der Waals surface area (Å²) in [4.78, 5) is 24.0. The summed E-state index contributed by atoms with van der Waals surface area (Å²) in [6, 6.07) is -1.31. The molecule has 1 unspecified atom stereocenters. The molecule has 110 valence electrons. The van der Waals surface area contributed by atoms with Crippen molar-refractivity contribution in [3.63, 3.8) is 0 Å². The van der Waals surface area contributed by atoms with Gasteiger partial charge in [0.15, 0.2) is 0 Å². The zero-order valence-electron chi connectivity index (χ0n) is 11.2. The normalized spacial score (nSPS) is 22.5. The molecule has 0 saturated carbocycles. The molecule has 0 bridgehead atoms. The van der Waals surface area contributed by atoms with E-state index in [1.54, 1.807) is 11.8 Å². The molecular weight excluding hydrogens is 268 g/mol. The van der Waals surface area contributed by atoms with Gasteiger partial charge in [0.2, 0.25) is 0 Å². The second-order valence-corrected chi connectivity index (χ2v) is 5.67. The molecule has 0 radical (unpaired) electrons.